The maximum Gasteiger partial charge on any atom is 0.323 e. The summed E-state index contributed by atoms with van der Waals surface area (Å²) < 4.78 is 6.10. The molecule has 2 aromatic carbocycles. The van der Waals surface area contributed by atoms with Gasteiger partial charge in [-0.15, -0.1) is 11.8 Å². The normalized spacial score (nSPS) is 31.2. The lowest BCUT2D eigenvalue weighted by Crippen LogP contribution is -2.42. The van der Waals surface area contributed by atoms with Gasteiger partial charge in [0, 0.05) is 16.0 Å². The Balaban J connectivity index is 1.29. The van der Waals surface area contributed by atoms with Crippen molar-refractivity contribution in [2.24, 2.45) is 29.6 Å². The minimum Gasteiger partial charge on any atom is -0.480 e. The quantitative estimate of drug-likeness (QED) is 0.479. The van der Waals surface area contributed by atoms with Crippen LogP contribution in [-0.2, 0) is 14.4 Å². The van der Waals surface area contributed by atoms with E-state index in [0.717, 1.165) is 32.5 Å². The summed E-state index contributed by atoms with van der Waals surface area (Å²) in [5, 5.41) is 10.2. The first-order chi connectivity index (χ1) is 17.9. The van der Waals surface area contributed by atoms with Gasteiger partial charge in [0.2, 0.25) is 11.8 Å². The van der Waals surface area contributed by atoms with Crippen molar-refractivity contribution in [3.05, 3.63) is 74.7 Å². The van der Waals surface area contributed by atoms with Gasteiger partial charge < -0.3 is 14.8 Å². The summed E-state index contributed by atoms with van der Waals surface area (Å²) in [6.07, 6.45) is 0.756. The zero-order valence-electron chi connectivity index (χ0n) is 19.4. The number of H-pyrrole nitrogens is 1. The third-order valence-corrected chi connectivity index (χ3v) is 10.9. The van der Waals surface area contributed by atoms with E-state index in [0.29, 0.717) is 5.75 Å². The Hall–Kier alpha value is -3.37. The van der Waals surface area contributed by atoms with Crippen LogP contribution in [0.4, 0.5) is 0 Å². The number of ether oxygens (including phenoxy) is 1. The van der Waals surface area contributed by atoms with Gasteiger partial charge in [0.05, 0.1) is 16.9 Å². The number of carboxylic acid groups (broad SMARTS) is 1. The minimum absolute atomic E-state index is 0.0388. The van der Waals surface area contributed by atoms with Gasteiger partial charge in [0.1, 0.15) is 18.0 Å². The molecule has 2 aliphatic heterocycles. The molecule has 2 amide bonds. The predicted molar refractivity (Wildman–Crippen MR) is 136 cm³/mol. The molecule has 3 aromatic rings. The van der Waals surface area contributed by atoms with E-state index in [1.807, 2.05) is 54.6 Å². The molecule has 7 atom stereocenters. The fourth-order valence-electron chi connectivity index (χ4n) is 7.14. The number of benzene rings is 2. The van der Waals surface area contributed by atoms with Crippen LogP contribution < -0.4 is 9.61 Å². The lowest BCUT2D eigenvalue weighted by Gasteiger charge is -2.43. The zero-order chi connectivity index (χ0) is 25.4. The van der Waals surface area contributed by atoms with E-state index in [1.54, 1.807) is 11.8 Å². The Morgan fingerprint density at radius 2 is 1.73 bits per heavy atom. The Bertz CT molecular complexity index is 1500. The molecule has 8 nitrogen and oxygen atoms in total. The fraction of sp³-hybridized carbons (Fsp3) is 0.333. The van der Waals surface area contributed by atoms with Gasteiger partial charge in [-0.1, -0.05) is 41.7 Å². The molecule has 2 saturated carbocycles. The summed E-state index contributed by atoms with van der Waals surface area (Å²) in [5.41, 5.74) is 1.00. The van der Waals surface area contributed by atoms with Crippen molar-refractivity contribution in [2.75, 3.05) is 6.54 Å². The van der Waals surface area contributed by atoms with Gasteiger partial charge in [-0.25, -0.2) is 0 Å². The van der Waals surface area contributed by atoms with E-state index in [1.165, 1.54) is 11.3 Å². The molecule has 37 heavy (non-hydrogen) atoms. The lowest BCUT2D eigenvalue weighted by atomic mass is 9.68. The SMILES string of the molecule is O=C(O)CN1C(=O)[C@@H]2[C@H]3C[C@@H]([C@H]4Sc5[nH]c(=O)sc5[C@H](c5cccc(Oc6ccccc6)c5)[C@@H]34)[C@H]2C1=O. The van der Waals surface area contributed by atoms with Crippen molar-refractivity contribution >= 4 is 40.9 Å². The first-order valence-corrected chi connectivity index (χ1v) is 13.9. The molecule has 1 aromatic heterocycles. The van der Waals surface area contributed by atoms with Crippen molar-refractivity contribution in [3.8, 4) is 11.5 Å². The van der Waals surface area contributed by atoms with Crippen LogP contribution in [0.3, 0.4) is 0 Å². The lowest BCUT2D eigenvalue weighted by molar-refractivity contribution is -0.149. The monoisotopic (exact) mass is 534 g/mol. The number of carbonyl (C=O) groups is 3. The molecule has 3 heterocycles. The second-order valence-electron chi connectivity index (χ2n) is 10.1. The molecule has 1 saturated heterocycles. The molecule has 10 heteroatoms. The van der Waals surface area contributed by atoms with E-state index in [9.17, 15) is 24.3 Å². The van der Waals surface area contributed by atoms with Crippen LogP contribution in [-0.4, -0.2) is 44.6 Å². The number of hydrogen-bond donors (Lipinski definition) is 2. The second kappa shape index (κ2) is 8.32. The largest absolute Gasteiger partial charge is 0.480 e. The number of aromatic amines is 1. The van der Waals surface area contributed by atoms with Crippen molar-refractivity contribution < 1.29 is 24.2 Å². The Labute approximate surface area is 219 Å². The van der Waals surface area contributed by atoms with Gasteiger partial charge in [-0.05, 0) is 54.0 Å². The van der Waals surface area contributed by atoms with E-state index in [2.05, 4.69) is 4.98 Å². The van der Waals surface area contributed by atoms with Crippen LogP contribution in [0.2, 0.25) is 0 Å². The third-order valence-electron chi connectivity index (χ3n) is 8.30. The van der Waals surface area contributed by atoms with E-state index >= 15 is 0 Å². The van der Waals surface area contributed by atoms with Crippen molar-refractivity contribution in [2.45, 2.75) is 22.6 Å². The smallest absolute Gasteiger partial charge is 0.323 e. The standard InChI is InChI=1S/C27H22N2O6S2/c30-17(31)11-29-25(32)20-15-10-16(21(20)26(29)33)22-19(15)18(23-24(36-22)28-27(34)37-23)12-5-4-8-14(9-12)35-13-6-2-1-3-7-13/h1-9,15-16,18-22H,10-11H2,(H,28,34)(H,30,31)/t15-,16+,18+,19+,20+,21+,22+/m0/s1. The summed E-state index contributed by atoms with van der Waals surface area (Å²) in [4.78, 5) is 55.0. The molecule has 188 valence electrons. The summed E-state index contributed by atoms with van der Waals surface area (Å²) in [6, 6.07) is 17.4. The van der Waals surface area contributed by atoms with Crippen LogP contribution in [0, 0.1) is 29.6 Å². The number of hydrogen-bond acceptors (Lipinski definition) is 7. The number of para-hydroxylation sites is 1. The molecule has 2 N–H and O–H groups in total. The summed E-state index contributed by atoms with van der Waals surface area (Å²) >= 11 is 2.81. The van der Waals surface area contributed by atoms with Crippen LogP contribution in [0.25, 0.3) is 0 Å². The highest BCUT2D eigenvalue weighted by Gasteiger charge is 2.69. The first kappa shape index (κ1) is 22.8. The van der Waals surface area contributed by atoms with Crippen molar-refractivity contribution in [3.63, 3.8) is 0 Å². The van der Waals surface area contributed by atoms with Crippen LogP contribution in [0.5, 0.6) is 11.5 Å². The number of imide groups is 1. The van der Waals surface area contributed by atoms with Gasteiger partial charge in [-0.2, -0.15) is 0 Å². The summed E-state index contributed by atoms with van der Waals surface area (Å²) in [5.74, 6) is -1.66. The molecule has 0 spiro atoms. The van der Waals surface area contributed by atoms with E-state index in [-0.39, 0.29) is 45.6 Å². The van der Waals surface area contributed by atoms with Crippen LogP contribution in [0.15, 0.2) is 64.4 Å². The topological polar surface area (TPSA) is 117 Å². The number of nitrogens with one attached hydrogen (secondary N) is 1. The van der Waals surface area contributed by atoms with E-state index < -0.39 is 24.3 Å². The number of aliphatic carboxylic acids is 1. The maximum atomic E-state index is 13.3. The first-order valence-electron chi connectivity index (χ1n) is 12.2. The van der Waals surface area contributed by atoms with Crippen LogP contribution in [0.1, 0.15) is 22.8 Å². The Kier molecular flexibility index (Phi) is 5.13. The van der Waals surface area contributed by atoms with Crippen LogP contribution >= 0.6 is 23.1 Å². The number of nitrogens with zero attached hydrogens (tertiary/aromatic N) is 1. The van der Waals surface area contributed by atoms with Crippen molar-refractivity contribution in [1.82, 2.24) is 9.88 Å². The molecule has 4 aliphatic rings. The van der Waals surface area contributed by atoms with E-state index in [4.69, 9.17) is 4.74 Å². The Morgan fingerprint density at radius 1 is 1.00 bits per heavy atom. The van der Waals surface area contributed by atoms with Gasteiger partial charge >= 0.3 is 10.8 Å². The third kappa shape index (κ3) is 3.42. The zero-order valence-corrected chi connectivity index (χ0v) is 21.0. The molecule has 7 rings (SSSR count). The molecule has 0 unspecified atom stereocenters. The predicted octanol–water partition coefficient (Wildman–Crippen LogP) is 3.79. The number of likely N-dealkylation sites (tertiary alicyclic amines) is 1. The number of rotatable bonds is 5. The maximum absolute atomic E-state index is 13.3. The summed E-state index contributed by atoms with van der Waals surface area (Å²) in [7, 11) is 0. The molecule has 2 bridgehead atoms. The fourth-order valence-corrected chi connectivity index (χ4v) is 10.0. The highest BCUT2D eigenvalue weighted by Crippen LogP contribution is 2.68. The number of amides is 2. The summed E-state index contributed by atoms with van der Waals surface area (Å²) in [6.45, 7) is -0.588. The van der Waals surface area contributed by atoms with Gasteiger partial charge in [0.15, 0.2) is 0 Å². The molecular weight excluding hydrogens is 512 g/mol. The highest BCUT2D eigenvalue weighted by atomic mass is 32.2. The number of thiazole rings is 1. The van der Waals surface area contributed by atoms with Crippen molar-refractivity contribution in [1.29, 1.82) is 0 Å². The van der Waals surface area contributed by atoms with Gasteiger partial charge in [0.25, 0.3) is 0 Å². The number of carboxylic acids is 1. The Morgan fingerprint density at radius 3 is 2.49 bits per heavy atom. The van der Waals surface area contributed by atoms with Gasteiger partial charge in [-0.3, -0.25) is 24.1 Å². The average molecular weight is 535 g/mol. The molecular formula is C27H22N2O6S2. The average Bonchev–Trinajstić information content (AvgIpc) is 3.60. The number of thioether (sulfide) groups is 1. The minimum atomic E-state index is -1.19. The molecule has 3 fully saturated rings. The second-order valence-corrected chi connectivity index (χ2v) is 12.3. The molecule has 2 aliphatic carbocycles. The molecule has 0 radical (unpaired) electrons. The highest BCUT2D eigenvalue weighted by molar-refractivity contribution is 8.00. The number of carbonyl (C=O) groups excluding carboxylic acids is 2. The number of fused-ring (bicyclic) bond motifs is 9. The number of aromatic nitrogens is 1.